The second-order valence-electron chi connectivity index (χ2n) is 6.98. The van der Waals surface area contributed by atoms with Crippen LogP contribution in [-0.2, 0) is 24.4 Å². The zero-order valence-electron chi connectivity index (χ0n) is 17.0. The van der Waals surface area contributed by atoms with E-state index in [1.165, 1.54) is 0 Å². The summed E-state index contributed by atoms with van der Waals surface area (Å²) in [6.07, 6.45) is 1.67. The van der Waals surface area contributed by atoms with Crippen LogP contribution in [0.5, 0.6) is 0 Å². The number of aromatic nitrogens is 1. The average Bonchev–Trinajstić information content (AvgIpc) is 2.79. The Morgan fingerprint density at radius 1 is 0.844 bits per heavy atom. The monoisotopic (exact) mass is 490 g/mol. The van der Waals surface area contributed by atoms with Crippen molar-refractivity contribution in [1.29, 1.82) is 0 Å². The Hall–Kier alpha value is -2.80. The molecule has 1 aromatic heterocycles. The van der Waals surface area contributed by atoms with Gasteiger partial charge in [0.1, 0.15) is 0 Å². The number of carbonyl (C=O) groups is 2. The molecule has 0 saturated heterocycles. The summed E-state index contributed by atoms with van der Waals surface area (Å²) in [7, 11) is 0. The first-order chi connectivity index (χ1) is 15.4. The normalized spacial score (nSPS) is 10.5. The van der Waals surface area contributed by atoms with Gasteiger partial charge in [0, 0.05) is 24.3 Å². The quantitative estimate of drug-likeness (QED) is 0.462. The van der Waals surface area contributed by atoms with Crippen molar-refractivity contribution in [2.24, 2.45) is 0 Å². The minimum Gasteiger partial charge on any atom is -0.334 e. The lowest BCUT2D eigenvalue weighted by atomic mass is 10.2. The van der Waals surface area contributed by atoms with Crippen molar-refractivity contribution in [3.63, 3.8) is 0 Å². The number of amides is 3. The SMILES string of the molecule is O=C(NCC(=O)N(Cc1ccc(Cl)c(Cl)c1)Cc1ccccn1)NCc1ccc(Cl)cc1. The lowest BCUT2D eigenvalue weighted by Crippen LogP contribution is -2.43. The van der Waals surface area contributed by atoms with Gasteiger partial charge < -0.3 is 15.5 Å². The van der Waals surface area contributed by atoms with E-state index in [2.05, 4.69) is 15.6 Å². The summed E-state index contributed by atoms with van der Waals surface area (Å²) < 4.78 is 0. The van der Waals surface area contributed by atoms with Gasteiger partial charge in [0.05, 0.1) is 28.8 Å². The fraction of sp³-hybridized carbons (Fsp3) is 0.174. The molecule has 0 fully saturated rings. The second kappa shape index (κ2) is 11.7. The number of rotatable bonds is 8. The minimum atomic E-state index is -0.444. The molecule has 0 bridgehead atoms. The molecule has 0 aliphatic rings. The van der Waals surface area contributed by atoms with Gasteiger partial charge in [-0.1, -0.05) is 59.1 Å². The molecule has 0 aliphatic heterocycles. The molecule has 3 amide bonds. The third-order valence-corrected chi connectivity index (χ3v) is 5.55. The zero-order chi connectivity index (χ0) is 22.9. The number of pyridine rings is 1. The van der Waals surface area contributed by atoms with Gasteiger partial charge in [-0.15, -0.1) is 0 Å². The highest BCUT2D eigenvalue weighted by Crippen LogP contribution is 2.23. The molecule has 0 radical (unpaired) electrons. The van der Waals surface area contributed by atoms with Gasteiger partial charge in [-0.25, -0.2) is 4.79 Å². The van der Waals surface area contributed by atoms with E-state index in [0.717, 1.165) is 16.8 Å². The first-order valence-electron chi connectivity index (χ1n) is 9.78. The number of urea groups is 1. The van der Waals surface area contributed by atoms with Crippen molar-refractivity contribution in [2.45, 2.75) is 19.6 Å². The summed E-state index contributed by atoms with van der Waals surface area (Å²) in [5, 5.41) is 6.80. The second-order valence-corrected chi connectivity index (χ2v) is 8.23. The smallest absolute Gasteiger partial charge is 0.315 e. The molecule has 0 unspecified atom stereocenters. The molecule has 9 heteroatoms. The fourth-order valence-electron chi connectivity index (χ4n) is 2.89. The number of benzene rings is 2. The molecule has 0 aliphatic carbocycles. The Balaban J connectivity index is 1.59. The molecule has 3 aromatic rings. The van der Waals surface area contributed by atoms with Gasteiger partial charge in [0.25, 0.3) is 0 Å². The summed E-state index contributed by atoms with van der Waals surface area (Å²) in [5.74, 6) is -0.261. The third kappa shape index (κ3) is 7.41. The van der Waals surface area contributed by atoms with E-state index in [4.69, 9.17) is 34.8 Å². The average molecular weight is 492 g/mol. The van der Waals surface area contributed by atoms with Crippen LogP contribution in [0.1, 0.15) is 16.8 Å². The molecule has 0 saturated carbocycles. The maximum atomic E-state index is 12.9. The first kappa shape index (κ1) is 23.9. The number of nitrogens with zero attached hydrogens (tertiary/aromatic N) is 2. The van der Waals surface area contributed by atoms with Crippen molar-refractivity contribution in [2.75, 3.05) is 6.54 Å². The van der Waals surface area contributed by atoms with Gasteiger partial charge >= 0.3 is 6.03 Å². The van der Waals surface area contributed by atoms with E-state index < -0.39 is 6.03 Å². The van der Waals surface area contributed by atoms with Gasteiger partial charge in [0.2, 0.25) is 5.91 Å². The van der Waals surface area contributed by atoms with Crippen LogP contribution in [0.4, 0.5) is 4.79 Å². The Kier molecular flexibility index (Phi) is 8.73. The summed E-state index contributed by atoms with van der Waals surface area (Å²) in [6.45, 7) is 0.729. The van der Waals surface area contributed by atoms with E-state index in [0.29, 0.717) is 28.2 Å². The molecule has 32 heavy (non-hydrogen) atoms. The Morgan fingerprint density at radius 3 is 2.28 bits per heavy atom. The van der Waals surface area contributed by atoms with Crippen LogP contribution in [-0.4, -0.2) is 28.4 Å². The van der Waals surface area contributed by atoms with Crippen LogP contribution in [0.2, 0.25) is 15.1 Å². The van der Waals surface area contributed by atoms with Crippen molar-refractivity contribution >= 4 is 46.7 Å². The number of halogens is 3. The molecule has 1 heterocycles. The Morgan fingerprint density at radius 2 is 1.59 bits per heavy atom. The van der Waals surface area contributed by atoms with Gasteiger partial charge in [-0.05, 0) is 47.5 Å². The fourth-order valence-corrected chi connectivity index (χ4v) is 3.34. The standard InChI is InChI=1S/C23H21Cl3N4O2/c24-18-7-4-16(5-8-18)12-28-23(32)29-13-22(31)30(15-19-3-1-2-10-27-19)14-17-6-9-20(25)21(26)11-17/h1-11H,12-15H2,(H2,28,29,32). The molecular weight excluding hydrogens is 471 g/mol. The van der Waals surface area contributed by atoms with Gasteiger partial charge in [-0.2, -0.15) is 0 Å². The lowest BCUT2D eigenvalue weighted by molar-refractivity contribution is -0.131. The van der Waals surface area contributed by atoms with Crippen molar-refractivity contribution in [1.82, 2.24) is 20.5 Å². The highest BCUT2D eigenvalue weighted by molar-refractivity contribution is 6.42. The topological polar surface area (TPSA) is 74.3 Å². The summed E-state index contributed by atoms with van der Waals surface area (Å²) in [5.41, 5.74) is 2.44. The van der Waals surface area contributed by atoms with Gasteiger partial charge in [0.15, 0.2) is 0 Å². The molecule has 2 aromatic carbocycles. The number of hydrogen-bond donors (Lipinski definition) is 2. The van der Waals surface area contributed by atoms with Crippen LogP contribution >= 0.6 is 34.8 Å². The van der Waals surface area contributed by atoms with E-state index in [-0.39, 0.29) is 19.0 Å². The summed E-state index contributed by atoms with van der Waals surface area (Å²) in [4.78, 5) is 30.9. The van der Waals surface area contributed by atoms with Crippen molar-refractivity contribution in [3.8, 4) is 0 Å². The number of carbonyl (C=O) groups excluding carboxylic acids is 2. The maximum absolute atomic E-state index is 12.9. The number of nitrogens with one attached hydrogen (secondary N) is 2. The minimum absolute atomic E-state index is 0.166. The molecule has 2 N–H and O–H groups in total. The first-order valence-corrected chi connectivity index (χ1v) is 10.9. The molecular formula is C23H21Cl3N4O2. The highest BCUT2D eigenvalue weighted by Gasteiger charge is 2.17. The van der Waals surface area contributed by atoms with E-state index >= 15 is 0 Å². The molecule has 6 nitrogen and oxygen atoms in total. The molecule has 3 rings (SSSR count). The highest BCUT2D eigenvalue weighted by atomic mass is 35.5. The molecule has 0 atom stereocenters. The van der Waals surface area contributed by atoms with E-state index in [1.54, 1.807) is 47.5 Å². The van der Waals surface area contributed by atoms with Crippen molar-refractivity contribution in [3.05, 3.63) is 98.7 Å². The van der Waals surface area contributed by atoms with Crippen LogP contribution in [0.25, 0.3) is 0 Å². The lowest BCUT2D eigenvalue weighted by Gasteiger charge is -2.23. The van der Waals surface area contributed by atoms with Crippen LogP contribution in [0.15, 0.2) is 66.9 Å². The maximum Gasteiger partial charge on any atom is 0.315 e. The van der Waals surface area contributed by atoms with Crippen LogP contribution < -0.4 is 10.6 Å². The summed E-state index contributed by atoms with van der Waals surface area (Å²) >= 11 is 18.0. The van der Waals surface area contributed by atoms with Crippen LogP contribution in [0, 0.1) is 0 Å². The Bertz CT molecular complexity index is 1060. The Labute approximate surface area is 201 Å². The van der Waals surface area contributed by atoms with Crippen LogP contribution in [0.3, 0.4) is 0 Å². The predicted molar refractivity (Wildman–Crippen MR) is 127 cm³/mol. The van der Waals surface area contributed by atoms with Crippen molar-refractivity contribution < 1.29 is 9.59 Å². The number of hydrogen-bond acceptors (Lipinski definition) is 3. The molecule has 166 valence electrons. The zero-order valence-corrected chi connectivity index (χ0v) is 19.3. The largest absolute Gasteiger partial charge is 0.334 e. The van der Waals surface area contributed by atoms with Gasteiger partial charge in [-0.3, -0.25) is 9.78 Å². The molecule has 0 spiro atoms. The summed E-state index contributed by atoms with van der Waals surface area (Å²) in [6, 6.07) is 17.4. The van der Waals surface area contributed by atoms with E-state index in [9.17, 15) is 9.59 Å². The van der Waals surface area contributed by atoms with E-state index in [1.807, 2.05) is 24.3 Å². The third-order valence-electron chi connectivity index (χ3n) is 4.56. The predicted octanol–water partition coefficient (Wildman–Crippen LogP) is 5.07.